The van der Waals surface area contributed by atoms with Crippen molar-refractivity contribution in [2.45, 2.75) is 33.5 Å². The second-order valence-electron chi connectivity index (χ2n) is 9.03. The van der Waals surface area contributed by atoms with Gasteiger partial charge in [-0.2, -0.15) is 0 Å². The summed E-state index contributed by atoms with van der Waals surface area (Å²) in [5.41, 5.74) is 5.30. The molecule has 2 aliphatic rings. The van der Waals surface area contributed by atoms with Gasteiger partial charge in [-0.05, 0) is 28.7 Å². The van der Waals surface area contributed by atoms with Gasteiger partial charge in [0.05, 0.1) is 52.9 Å². The van der Waals surface area contributed by atoms with E-state index < -0.39 is 0 Å². The minimum Gasteiger partial charge on any atom is -0.380 e. The third kappa shape index (κ3) is 5.07. The SMILES string of the molecule is CCC1(COCc2ccc(-c3ccc(COCC4(C)COC4)cc3)cc2)COC1. The molecular formula is C25H32O4. The van der Waals surface area contributed by atoms with Crippen LogP contribution in [-0.2, 0) is 32.2 Å². The van der Waals surface area contributed by atoms with Gasteiger partial charge in [0.2, 0.25) is 0 Å². The van der Waals surface area contributed by atoms with Crippen molar-refractivity contribution in [1.29, 1.82) is 0 Å². The van der Waals surface area contributed by atoms with Crippen molar-refractivity contribution < 1.29 is 18.9 Å². The van der Waals surface area contributed by atoms with Crippen LogP contribution in [0.2, 0.25) is 0 Å². The highest BCUT2D eigenvalue weighted by Gasteiger charge is 2.37. The zero-order chi connectivity index (χ0) is 20.2. The Morgan fingerprint density at radius 3 is 1.59 bits per heavy atom. The molecule has 2 heterocycles. The Hall–Kier alpha value is -1.72. The van der Waals surface area contributed by atoms with E-state index in [1.54, 1.807) is 0 Å². The van der Waals surface area contributed by atoms with Gasteiger partial charge in [0.15, 0.2) is 0 Å². The zero-order valence-electron chi connectivity index (χ0n) is 17.6. The largest absolute Gasteiger partial charge is 0.380 e. The molecule has 4 heteroatoms. The molecule has 0 atom stereocenters. The molecule has 0 aromatic heterocycles. The average Bonchev–Trinajstić information content (AvgIpc) is 2.70. The minimum absolute atomic E-state index is 0.203. The van der Waals surface area contributed by atoms with E-state index in [0.717, 1.165) is 46.1 Å². The Balaban J connectivity index is 1.25. The third-order valence-corrected chi connectivity index (χ3v) is 6.10. The number of benzene rings is 2. The van der Waals surface area contributed by atoms with Crippen LogP contribution in [0.15, 0.2) is 48.5 Å². The third-order valence-electron chi connectivity index (χ3n) is 6.10. The predicted octanol–water partition coefficient (Wildman–Crippen LogP) is 4.85. The maximum atomic E-state index is 5.95. The first-order valence-electron chi connectivity index (χ1n) is 10.6. The zero-order valence-corrected chi connectivity index (χ0v) is 17.6. The molecule has 2 aromatic rings. The van der Waals surface area contributed by atoms with Crippen molar-refractivity contribution in [2.24, 2.45) is 10.8 Å². The quantitative estimate of drug-likeness (QED) is 0.575. The van der Waals surface area contributed by atoms with Gasteiger partial charge in [-0.3, -0.25) is 0 Å². The highest BCUT2D eigenvalue weighted by Crippen LogP contribution is 2.32. The van der Waals surface area contributed by atoms with Gasteiger partial charge in [0.25, 0.3) is 0 Å². The van der Waals surface area contributed by atoms with Gasteiger partial charge in [-0.25, -0.2) is 0 Å². The van der Waals surface area contributed by atoms with Gasteiger partial charge in [0, 0.05) is 10.8 Å². The Morgan fingerprint density at radius 1 is 0.724 bits per heavy atom. The second-order valence-corrected chi connectivity index (χ2v) is 9.03. The summed E-state index contributed by atoms with van der Waals surface area (Å²) in [5.74, 6) is 0. The summed E-state index contributed by atoms with van der Waals surface area (Å²) >= 11 is 0. The fourth-order valence-electron chi connectivity index (χ4n) is 3.70. The van der Waals surface area contributed by atoms with E-state index in [4.69, 9.17) is 18.9 Å². The minimum atomic E-state index is 0.203. The lowest BCUT2D eigenvalue weighted by Gasteiger charge is -2.40. The molecule has 0 amide bonds. The van der Waals surface area contributed by atoms with Crippen LogP contribution in [-0.4, -0.2) is 39.6 Å². The molecule has 0 unspecified atom stereocenters. The lowest BCUT2D eigenvalue weighted by Crippen LogP contribution is -2.45. The average molecular weight is 397 g/mol. The summed E-state index contributed by atoms with van der Waals surface area (Å²) in [6.07, 6.45) is 1.11. The molecular weight excluding hydrogens is 364 g/mol. The Morgan fingerprint density at radius 2 is 1.21 bits per heavy atom. The topological polar surface area (TPSA) is 36.9 Å². The summed E-state index contributed by atoms with van der Waals surface area (Å²) in [6, 6.07) is 17.3. The van der Waals surface area contributed by atoms with Gasteiger partial charge in [-0.15, -0.1) is 0 Å². The molecule has 0 bridgehead atoms. The number of hydrogen-bond acceptors (Lipinski definition) is 4. The maximum Gasteiger partial charge on any atom is 0.0717 e. The van der Waals surface area contributed by atoms with Crippen LogP contribution in [0.4, 0.5) is 0 Å². The van der Waals surface area contributed by atoms with Crippen LogP contribution < -0.4 is 0 Å². The van der Waals surface area contributed by atoms with Crippen LogP contribution in [0.3, 0.4) is 0 Å². The first-order valence-corrected chi connectivity index (χ1v) is 10.6. The van der Waals surface area contributed by atoms with Crippen molar-refractivity contribution in [1.82, 2.24) is 0 Å². The normalized spacial score (nSPS) is 19.4. The molecule has 2 fully saturated rings. The first-order chi connectivity index (χ1) is 14.1. The van der Waals surface area contributed by atoms with Crippen LogP contribution in [0, 0.1) is 10.8 Å². The van der Waals surface area contributed by atoms with E-state index in [1.807, 2.05) is 0 Å². The lowest BCUT2D eigenvalue weighted by molar-refractivity contribution is -0.152. The Bertz CT molecular complexity index is 768. The van der Waals surface area contributed by atoms with Crippen LogP contribution in [0.5, 0.6) is 0 Å². The van der Waals surface area contributed by atoms with Gasteiger partial charge < -0.3 is 18.9 Å². The van der Waals surface area contributed by atoms with E-state index >= 15 is 0 Å². The van der Waals surface area contributed by atoms with Crippen molar-refractivity contribution >= 4 is 0 Å². The highest BCUT2D eigenvalue weighted by molar-refractivity contribution is 5.63. The molecule has 2 saturated heterocycles. The van der Waals surface area contributed by atoms with E-state index in [1.165, 1.54) is 22.3 Å². The fraction of sp³-hybridized carbons (Fsp3) is 0.520. The summed E-state index contributed by atoms with van der Waals surface area (Å²) in [6.45, 7) is 10.5. The molecule has 0 radical (unpaired) electrons. The summed E-state index contributed by atoms with van der Waals surface area (Å²) in [7, 11) is 0. The summed E-state index contributed by atoms with van der Waals surface area (Å²) in [5, 5.41) is 0. The molecule has 2 aliphatic heterocycles. The molecule has 0 N–H and O–H groups in total. The number of hydrogen-bond donors (Lipinski definition) is 0. The van der Waals surface area contributed by atoms with E-state index in [0.29, 0.717) is 13.2 Å². The van der Waals surface area contributed by atoms with Gasteiger partial charge >= 0.3 is 0 Å². The number of rotatable bonds is 10. The second kappa shape index (κ2) is 8.97. The van der Waals surface area contributed by atoms with Crippen molar-refractivity contribution in [3.05, 3.63) is 59.7 Å². The maximum absolute atomic E-state index is 5.95. The van der Waals surface area contributed by atoms with E-state index in [9.17, 15) is 0 Å². The molecule has 0 spiro atoms. The molecule has 4 rings (SSSR count). The van der Waals surface area contributed by atoms with E-state index in [2.05, 4.69) is 62.4 Å². The van der Waals surface area contributed by atoms with Crippen LogP contribution in [0.25, 0.3) is 11.1 Å². The predicted molar refractivity (Wildman–Crippen MR) is 114 cm³/mol. The fourth-order valence-corrected chi connectivity index (χ4v) is 3.70. The summed E-state index contributed by atoms with van der Waals surface area (Å²) in [4.78, 5) is 0. The van der Waals surface area contributed by atoms with Gasteiger partial charge in [0.1, 0.15) is 0 Å². The van der Waals surface area contributed by atoms with Crippen LogP contribution >= 0.6 is 0 Å². The monoisotopic (exact) mass is 396 g/mol. The van der Waals surface area contributed by atoms with E-state index in [-0.39, 0.29) is 10.8 Å². The smallest absolute Gasteiger partial charge is 0.0717 e. The first kappa shape index (κ1) is 20.5. The Kier molecular flexibility index (Phi) is 6.35. The van der Waals surface area contributed by atoms with Crippen molar-refractivity contribution in [3.63, 3.8) is 0 Å². The number of ether oxygens (including phenoxy) is 4. The lowest BCUT2D eigenvalue weighted by atomic mass is 9.84. The van der Waals surface area contributed by atoms with Gasteiger partial charge in [-0.1, -0.05) is 62.4 Å². The van der Waals surface area contributed by atoms with Crippen molar-refractivity contribution in [2.75, 3.05) is 39.6 Å². The Labute approximate surface area is 174 Å². The summed E-state index contributed by atoms with van der Waals surface area (Å²) < 4.78 is 22.4. The molecule has 0 aliphatic carbocycles. The molecule has 2 aromatic carbocycles. The highest BCUT2D eigenvalue weighted by atomic mass is 16.5. The molecule has 156 valence electrons. The van der Waals surface area contributed by atoms with Crippen molar-refractivity contribution in [3.8, 4) is 11.1 Å². The molecule has 0 saturated carbocycles. The standard InChI is InChI=1S/C25H32O4/c1-3-25(18-29-19-25)17-27-13-21-6-10-23(11-7-21)22-8-4-20(5-9-22)12-26-14-24(2)15-28-16-24/h4-11H,3,12-19H2,1-2H3. The van der Waals surface area contributed by atoms with Crippen LogP contribution in [0.1, 0.15) is 31.4 Å². The molecule has 29 heavy (non-hydrogen) atoms. The molecule has 4 nitrogen and oxygen atoms in total.